The van der Waals surface area contributed by atoms with Crippen LogP contribution in [0.3, 0.4) is 0 Å². The van der Waals surface area contributed by atoms with Crippen LogP contribution in [-0.4, -0.2) is 8.42 Å². The smallest absolute Gasteiger partial charge is 0.250 e. The second-order valence-electron chi connectivity index (χ2n) is 4.59. The Balaban J connectivity index is 1.87. The summed E-state index contributed by atoms with van der Waals surface area (Å²) in [5, 5.41) is 0.942. The number of rotatable bonds is 4. The van der Waals surface area contributed by atoms with Crippen molar-refractivity contribution in [2.24, 2.45) is 0 Å². The molecule has 0 aliphatic rings. The van der Waals surface area contributed by atoms with Crippen LogP contribution in [0.4, 0.5) is 0 Å². The largest absolute Gasteiger partial charge is 0.459 e. The average molecular weight is 342 g/mol. The number of fused-ring (bicyclic) bond motifs is 1. The normalized spacial score (nSPS) is 13.6. The van der Waals surface area contributed by atoms with Gasteiger partial charge in [-0.05, 0) is 31.2 Å². The van der Waals surface area contributed by atoms with E-state index in [-0.39, 0.29) is 4.21 Å². The summed E-state index contributed by atoms with van der Waals surface area (Å²) in [6.45, 7) is 1.74. The number of hydrogen-bond acceptors (Lipinski definition) is 4. The fraction of sp³-hybridized carbons (Fsp3) is 0.143. The monoisotopic (exact) mass is 341 g/mol. The van der Waals surface area contributed by atoms with Crippen molar-refractivity contribution in [1.29, 1.82) is 0 Å². The van der Waals surface area contributed by atoms with E-state index >= 15 is 0 Å². The summed E-state index contributed by atoms with van der Waals surface area (Å²) in [4.78, 5) is 0. The van der Waals surface area contributed by atoms with Gasteiger partial charge in [0.25, 0.3) is 10.0 Å². The molecule has 3 aromatic rings. The molecule has 7 heteroatoms. The number of sulfonamides is 1. The van der Waals surface area contributed by atoms with Gasteiger partial charge < -0.3 is 4.42 Å². The van der Waals surface area contributed by atoms with E-state index in [1.54, 1.807) is 13.0 Å². The molecule has 0 aliphatic heterocycles. The maximum atomic E-state index is 12.2. The van der Waals surface area contributed by atoms with Crippen molar-refractivity contribution < 1.29 is 12.8 Å². The lowest BCUT2D eigenvalue weighted by Gasteiger charge is -2.10. The number of para-hydroxylation sites is 1. The highest BCUT2D eigenvalue weighted by Gasteiger charge is 2.22. The van der Waals surface area contributed by atoms with Crippen molar-refractivity contribution in [2.75, 3.05) is 0 Å². The number of furan rings is 1. The first-order valence-electron chi connectivity index (χ1n) is 6.22. The Labute approximate surface area is 131 Å². The molecule has 0 saturated heterocycles. The van der Waals surface area contributed by atoms with Gasteiger partial charge in [-0.1, -0.05) is 29.8 Å². The number of thiophene rings is 1. The van der Waals surface area contributed by atoms with E-state index in [0.717, 1.165) is 22.3 Å². The highest BCUT2D eigenvalue weighted by atomic mass is 35.5. The van der Waals surface area contributed by atoms with Crippen molar-refractivity contribution in [3.05, 3.63) is 52.6 Å². The first-order chi connectivity index (χ1) is 9.95. The number of hydrogen-bond donors (Lipinski definition) is 1. The van der Waals surface area contributed by atoms with Crippen molar-refractivity contribution in [2.45, 2.75) is 17.2 Å². The summed E-state index contributed by atoms with van der Waals surface area (Å²) in [6, 6.07) is 12.0. The fourth-order valence-electron chi connectivity index (χ4n) is 2.01. The average Bonchev–Trinajstić information content (AvgIpc) is 3.04. The summed E-state index contributed by atoms with van der Waals surface area (Å²) in [6.07, 6.45) is 0. The van der Waals surface area contributed by atoms with Gasteiger partial charge in [0.2, 0.25) is 0 Å². The van der Waals surface area contributed by atoms with Crippen LogP contribution in [0.25, 0.3) is 11.0 Å². The summed E-state index contributed by atoms with van der Waals surface area (Å²) in [5.41, 5.74) is 0.734. The molecule has 110 valence electrons. The quantitative estimate of drug-likeness (QED) is 0.774. The lowest BCUT2D eigenvalue weighted by atomic mass is 10.2. The van der Waals surface area contributed by atoms with Gasteiger partial charge >= 0.3 is 0 Å². The summed E-state index contributed by atoms with van der Waals surface area (Å²) in [5.74, 6) is 0.572. The highest BCUT2D eigenvalue weighted by molar-refractivity contribution is 7.91. The van der Waals surface area contributed by atoms with Crippen molar-refractivity contribution in [3.63, 3.8) is 0 Å². The van der Waals surface area contributed by atoms with Crippen LogP contribution in [0.5, 0.6) is 0 Å². The zero-order valence-corrected chi connectivity index (χ0v) is 13.4. The van der Waals surface area contributed by atoms with Gasteiger partial charge in [0.05, 0.1) is 10.4 Å². The fourth-order valence-corrected chi connectivity index (χ4v) is 4.72. The van der Waals surface area contributed by atoms with Crippen LogP contribution in [0.1, 0.15) is 18.7 Å². The first-order valence-corrected chi connectivity index (χ1v) is 8.89. The molecular weight excluding hydrogens is 330 g/mol. The number of benzene rings is 1. The first kappa shape index (κ1) is 14.6. The van der Waals surface area contributed by atoms with E-state index in [1.807, 2.05) is 30.3 Å². The van der Waals surface area contributed by atoms with Crippen molar-refractivity contribution in [1.82, 2.24) is 4.72 Å². The van der Waals surface area contributed by atoms with Crippen LogP contribution in [0, 0.1) is 0 Å². The van der Waals surface area contributed by atoms with Gasteiger partial charge in [0.1, 0.15) is 15.6 Å². The molecule has 0 amide bonds. The standard InChI is InChI=1S/C14H12ClNO3S2/c1-9(12-8-10-4-2-3-5-11(10)19-12)16-21(17,18)14-7-6-13(15)20-14/h2-9,16H,1H3/t9-/m0/s1. The van der Waals surface area contributed by atoms with E-state index in [9.17, 15) is 8.42 Å². The minimum Gasteiger partial charge on any atom is -0.459 e. The van der Waals surface area contributed by atoms with Crippen LogP contribution in [0.15, 0.2) is 51.1 Å². The predicted octanol–water partition coefficient (Wildman–Crippen LogP) is 4.19. The third-order valence-electron chi connectivity index (χ3n) is 3.02. The predicted molar refractivity (Wildman–Crippen MR) is 84.3 cm³/mol. The lowest BCUT2D eigenvalue weighted by Crippen LogP contribution is -2.25. The van der Waals surface area contributed by atoms with E-state index in [0.29, 0.717) is 10.1 Å². The van der Waals surface area contributed by atoms with Gasteiger partial charge in [-0.15, -0.1) is 11.3 Å². The molecule has 3 rings (SSSR count). The molecule has 2 aromatic heterocycles. The van der Waals surface area contributed by atoms with Gasteiger partial charge in [-0.3, -0.25) is 0 Å². The molecule has 0 saturated carbocycles. The molecule has 0 aliphatic carbocycles. The third-order valence-corrected chi connectivity index (χ3v) is 6.28. The second-order valence-corrected chi connectivity index (χ2v) is 8.24. The Morgan fingerprint density at radius 2 is 2.00 bits per heavy atom. The molecule has 4 nitrogen and oxygen atoms in total. The van der Waals surface area contributed by atoms with Gasteiger partial charge in [0.15, 0.2) is 0 Å². The summed E-state index contributed by atoms with van der Waals surface area (Å²) >= 11 is 6.80. The molecule has 2 heterocycles. The number of nitrogens with one attached hydrogen (secondary N) is 1. The zero-order valence-electron chi connectivity index (χ0n) is 11.0. The Kier molecular flexibility index (Phi) is 3.79. The molecule has 1 aromatic carbocycles. The topological polar surface area (TPSA) is 59.3 Å². The van der Waals surface area contributed by atoms with Crippen LogP contribution in [0.2, 0.25) is 4.34 Å². The lowest BCUT2D eigenvalue weighted by molar-refractivity contribution is 0.485. The Morgan fingerprint density at radius 1 is 1.24 bits per heavy atom. The summed E-state index contributed by atoms with van der Waals surface area (Å²) in [7, 11) is -3.60. The van der Waals surface area contributed by atoms with E-state index in [1.165, 1.54) is 6.07 Å². The molecule has 0 bridgehead atoms. The van der Waals surface area contributed by atoms with Crippen LogP contribution in [-0.2, 0) is 10.0 Å². The number of halogens is 1. The van der Waals surface area contributed by atoms with Gasteiger partial charge in [-0.2, -0.15) is 0 Å². The minimum absolute atomic E-state index is 0.190. The molecule has 0 unspecified atom stereocenters. The molecule has 1 atom stereocenters. The van der Waals surface area contributed by atoms with Crippen molar-refractivity contribution in [3.8, 4) is 0 Å². The maximum Gasteiger partial charge on any atom is 0.250 e. The SMILES string of the molecule is C[C@H](NS(=O)(=O)c1ccc(Cl)s1)c1cc2ccccc2o1. The Bertz CT molecular complexity index is 849. The second kappa shape index (κ2) is 5.46. The van der Waals surface area contributed by atoms with Crippen LogP contribution >= 0.6 is 22.9 Å². The summed E-state index contributed by atoms with van der Waals surface area (Å²) < 4.78 is 33.4. The van der Waals surface area contributed by atoms with E-state index in [2.05, 4.69) is 4.72 Å². The maximum absolute atomic E-state index is 12.2. The Hall–Kier alpha value is -1.34. The molecule has 0 spiro atoms. The molecule has 21 heavy (non-hydrogen) atoms. The van der Waals surface area contributed by atoms with Crippen LogP contribution < -0.4 is 4.72 Å². The van der Waals surface area contributed by atoms with Gasteiger partial charge in [-0.25, -0.2) is 13.1 Å². The molecule has 0 fully saturated rings. The molecular formula is C14H12ClNO3S2. The van der Waals surface area contributed by atoms with E-state index in [4.69, 9.17) is 16.0 Å². The Morgan fingerprint density at radius 3 is 2.67 bits per heavy atom. The highest BCUT2D eigenvalue weighted by Crippen LogP contribution is 2.28. The van der Waals surface area contributed by atoms with E-state index < -0.39 is 16.1 Å². The zero-order chi connectivity index (χ0) is 15.0. The molecule has 1 N–H and O–H groups in total. The van der Waals surface area contributed by atoms with Gasteiger partial charge in [0, 0.05) is 5.39 Å². The molecule has 0 radical (unpaired) electrons. The minimum atomic E-state index is -3.60. The van der Waals surface area contributed by atoms with Crippen molar-refractivity contribution >= 4 is 43.9 Å². The third kappa shape index (κ3) is 2.98.